The molecule has 16 heavy (non-hydrogen) atoms. The molecule has 0 saturated heterocycles. The molecule has 0 atom stereocenters. The maximum absolute atomic E-state index is 12.1. The second-order valence-electron chi connectivity index (χ2n) is 3.94. The van der Waals surface area contributed by atoms with Gasteiger partial charge < -0.3 is 4.90 Å². The zero-order chi connectivity index (χ0) is 11.1. The minimum Gasteiger partial charge on any atom is -0.311 e. The van der Waals surface area contributed by atoms with E-state index in [1.807, 2.05) is 30.3 Å². The van der Waals surface area contributed by atoms with Gasteiger partial charge in [-0.3, -0.25) is 4.79 Å². The van der Waals surface area contributed by atoms with Crippen molar-refractivity contribution < 1.29 is 4.79 Å². The quantitative estimate of drug-likeness (QED) is 0.707. The summed E-state index contributed by atoms with van der Waals surface area (Å²) in [5.74, 6) is 0.0410. The van der Waals surface area contributed by atoms with Gasteiger partial charge in [-0.2, -0.15) is 0 Å². The van der Waals surface area contributed by atoms with Gasteiger partial charge in [0.2, 0.25) is 0 Å². The highest BCUT2D eigenvalue weighted by molar-refractivity contribution is 6.10. The summed E-state index contributed by atoms with van der Waals surface area (Å²) in [6, 6.07) is 12.0. The summed E-state index contributed by atoms with van der Waals surface area (Å²) in [6.45, 7) is 4.30. The van der Waals surface area contributed by atoms with Crippen LogP contribution in [-0.2, 0) is 6.54 Å². The van der Waals surface area contributed by atoms with Crippen LogP contribution in [0.5, 0.6) is 0 Å². The first-order valence-corrected chi connectivity index (χ1v) is 5.25. The molecule has 0 aromatic heterocycles. The number of carbonyl (C=O) groups is 1. The molecule has 1 aliphatic rings. The average Bonchev–Trinajstić information content (AvgIpc) is 2.33. The van der Waals surface area contributed by atoms with Gasteiger partial charge in [0.25, 0.3) is 5.91 Å². The number of amides is 1. The molecule has 1 aliphatic heterocycles. The summed E-state index contributed by atoms with van der Waals surface area (Å²) >= 11 is 0. The minimum atomic E-state index is 0.0410. The van der Waals surface area contributed by atoms with Crippen LogP contribution in [0.25, 0.3) is 10.8 Å². The van der Waals surface area contributed by atoms with Crippen molar-refractivity contribution >= 4 is 16.7 Å². The molecule has 1 heterocycles. The predicted molar refractivity (Wildman–Crippen MR) is 64.0 cm³/mol. The zero-order valence-electron chi connectivity index (χ0n) is 8.81. The summed E-state index contributed by atoms with van der Waals surface area (Å²) in [6.07, 6.45) is 1.59. The maximum Gasteiger partial charge on any atom is 0.258 e. The van der Waals surface area contributed by atoms with Gasteiger partial charge >= 0.3 is 0 Å². The van der Waals surface area contributed by atoms with Crippen molar-refractivity contribution in [3.05, 3.63) is 60.3 Å². The fraction of sp³-hybridized carbons (Fsp3) is 0.0714. The molecule has 0 saturated carbocycles. The van der Waals surface area contributed by atoms with Gasteiger partial charge in [0.05, 0.1) is 6.54 Å². The molecule has 0 N–H and O–H groups in total. The lowest BCUT2D eigenvalue weighted by molar-refractivity contribution is 0.0810. The fourth-order valence-electron chi connectivity index (χ4n) is 2.29. The Hall–Kier alpha value is -2.09. The van der Waals surface area contributed by atoms with Crippen LogP contribution < -0.4 is 0 Å². The summed E-state index contributed by atoms with van der Waals surface area (Å²) in [7, 11) is 0. The van der Waals surface area contributed by atoms with Crippen LogP contribution >= 0.6 is 0 Å². The van der Waals surface area contributed by atoms with Gasteiger partial charge in [-0.05, 0) is 22.4 Å². The smallest absolute Gasteiger partial charge is 0.258 e. The maximum atomic E-state index is 12.1. The van der Waals surface area contributed by atoms with E-state index < -0.39 is 0 Å². The molecule has 2 nitrogen and oxygen atoms in total. The Morgan fingerprint density at radius 1 is 1.19 bits per heavy atom. The van der Waals surface area contributed by atoms with Crippen molar-refractivity contribution in [3.63, 3.8) is 0 Å². The average molecular weight is 209 g/mol. The van der Waals surface area contributed by atoms with Gasteiger partial charge in [-0.25, -0.2) is 0 Å². The number of benzene rings is 2. The van der Waals surface area contributed by atoms with Crippen LogP contribution in [0.15, 0.2) is 49.2 Å². The molecule has 0 unspecified atom stereocenters. The van der Waals surface area contributed by atoms with Crippen LogP contribution in [0.3, 0.4) is 0 Å². The Balaban J connectivity index is 2.39. The van der Waals surface area contributed by atoms with Crippen LogP contribution in [0.2, 0.25) is 0 Å². The highest BCUT2D eigenvalue weighted by Gasteiger charge is 2.23. The standard InChI is InChI=1S/C14H11NO/c1-2-15-9-11-7-3-5-10-6-4-8-12(13(10)11)14(15)16/h2-8H,1,9H2. The third kappa shape index (κ3) is 1.10. The van der Waals surface area contributed by atoms with E-state index >= 15 is 0 Å². The molecule has 2 heteroatoms. The zero-order valence-corrected chi connectivity index (χ0v) is 8.81. The van der Waals surface area contributed by atoms with E-state index in [0.29, 0.717) is 6.54 Å². The fourth-order valence-corrected chi connectivity index (χ4v) is 2.29. The van der Waals surface area contributed by atoms with Crippen molar-refractivity contribution in [3.8, 4) is 0 Å². The van der Waals surface area contributed by atoms with Crippen molar-refractivity contribution in [2.75, 3.05) is 0 Å². The largest absolute Gasteiger partial charge is 0.311 e. The highest BCUT2D eigenvalue weighted by atomic mass is 16.2. The van der Waals surface area contributed by atoms with Gasteiger partial charge in [0, 0.05) is 11.8 Å². The molecule has 0 radical (unpaired) electrons. The SMILES string of the molecule is C=CN1Cc2cccc3cccc(c23)C1=O. The molecule has 2 aromatic carbocycles. The third-order valence-corrected chi connectivity index (χ3v) is 3.04. The lowest BCUT2D eigenvalue weighted by atomic mass is 9.95. The normalized spacial score (nSPS) is 14.2. The summed E-state index contributed by atoms with van der Waals surface area (Å²) in [5.41, 5.74) is 1.96. The Labute approximate surface area is 93.8 Å². The number of rotatable bonds is 1. The van der Waals surface area contributed by atoms with E-state index in [4.69, 9.17) is 0 Å². The van der Waals surface area contributed by atoms with Gasteiger partial charge in [0.1, 0.15) is 0 Å². The van der Waals surface area contributed by atoms with E-state index in [0.717, 1.165) is 16.3 Å². The first-order valence-electron chi connectivity index (χ1n) is 5.25. The Bertz CT molecular complexity index is 595. The summed E-state index contributed by atoms with van der Waals surface area (Å²) in [4.78, 5) is 13.7. The first kappa shape index (κ1) is 9.16. The molecule has 0 fully saturated rings. The second-order valence-corrected chi connectivity index (χ2v) is 3.94. The topological polar surface area (TPSA) is 20.3 Å². The monoisotopic (exact) mass is 209 g/mol. The Kier molecular flexibility index (Phi) is 1.83. The second kappa shape index (κ2) is 3.20. The van der Waals surface area contributed by atoms with Gasteiger partial charge in [-0.15, -0.1) is 0 Å². The van der Waals surface area contributed by atoms with E-state index in [-0.39, 0.29) is 5.91 Å². The summed E-state index contributed by atoms with van der Waals surface area (Å²) in [5, 5.41) is 2.22. The Morgan fingerprint density at radius 3 is 2.69 bits per heavy atom. The predicted octanol–water partition coefficient (Wildman–Crippen LogP) is 2.94. The first-order chi connectivity index (χ1) is 7.81. The molecule has 2 aromatic rings. The van der Waals surface area contributed by atoms with Crippen molar-refractivity contribution in [1.29, 1.82) is 0 Å². The molecular formula is C14H11NO. The van der Waals surface area contributed by atoms with Crippen molar-refractivity contribution in [2.24, 2.45) is 0 Å². The van der Waals surface area contributed by atoms with Crippen LogP contribution in [-0.4, -0.2) is 10.8 Å². The molecule has 3 rings (SSSR count). The van der Waals surface area contributed by atoms with E-state index in [1.165, 1.54) is 5.56 Å². The number of hydrogen-bond donors (Lipinski definition) is 0. The van der Waals surface area contributed by atoms with E-state index in [9.17, 15) is 4.79 Å². The number of hydrogen-bond acceptors (Lipinski definition) is 1. The molecule has 0 spiro atoms. The van der Waals surface area contributed by atoms with Crippen LogP contribution in [0.4, 0.5) is 0 Å². The van der Waals surface area contributed by atoms with Gasteiger partial charge in [0.15, 0.2) is 0 Å². The molecular weight excluding hydrogens is 198 g/mol. The number of nitrogens with zero attached hydrogens (tertiary/aromatic N) is 1. The molecule has 0 bridgehead atoms. The Morgan fingerprint density at radius 2 is 1.94 bits per heavy atom. The minimum absolute atomic E-state index is 0.0410. The highest BCUT2D eigenvalue weighted by Crippen LogP contribution is 2.29. The van der Waals surface area contributed by atoms with Crippen LogP contribution in [0.1, 0.15) is 15.9 Å². The van der Waals surface area contributed by atoms with Crippen molar-refractivity contribution in [2.45, 2.75) is 6.54 Å². The van der Waals surface area contributed by atoms with E-state index in [2.05, 4.69) is 12.6 Å². The number of carbonyl (C=O) groups excluding carboxylic acids is 1. The van der Waals surface area contributed by atoms with Crippen molar-refractivity contribution in [1.82, 2.24) is 4.90 Å². The lowest BCUT2D eigenvalue weighted by Crippen LogP contribution is -2.29. The lowest BCUT2D eigenvalue weighted by Gasteiger charge is -2.25. The summed E-state index contributed by atoms with van der Waals surface area (Å²) < 4.78 is 0. The third-order valence-electron chi connectivity index (χ3n) is 3.04. The van der Waals surface area contributed by atoms with E-state index in [1.54, 1.807) is 11.1 Å². The van der Waals surface area contributed by atoms with Gasteiger partial charge in [-0.1, -0.05) is 36.9 Å². The molecule has 0 aliphatic carbocycles. The molecule has 1 amide bonds. The van der Waals surface area contributed by atoms with Crippen LogP contribution in [0, 0.1) is 0 Å². The molecule has 78 valence electrons.